The van der Waals surface area contributed by atoms with E-state index < -0.39 is 5.82 Å². The minimum atomic E-state index is -0.418. The van der Waals surface area contributed by atoms with E-state index in [1.165, 1.54) is 12.1 Å². The van der Waals surface area contributed by atoms with Crippen LogP contribution in [0.4, 0.5) is 15.8 Å². The lowest BCUT2D eigenvalue weighted by Gasteiger charge is -2.17. The molecule has 15 heavy (non-hydrogen) atoms. The Bertz CT molecular complexity index is 401. The normalized spacial score (nSPS) is 15.1. The molecule has 2 rings (SSSR count). The average molecular weight is 208 g/mol. The third-order valence-electron chi connectivity index (χ3n) is 2.58. The molecule has 0 atom stereocenters. The SMILES string of the molecule is N=CN(N)c1cc(N)c(F)cc1C1CC1. The first-order valence-electron chi connectivity index (χ1n) is 4.77. The number of nitrogens with one attached hydrogen (secondary N) is 1. The van der Waals surface area contributed by atoms with Crippen molar-refractivity contribution in [2.75, 3.05) is 10.7 Å². The first-order valence-corrected chi connectivity index (χ1v) is 4.77. The van der Waals surface area contributed by atoms with Gasteiger partial charge in [0.15, 0.2) is 0 Å². The lowest BCUT2D eigenvalue weighted by molar-refractivity contribution is 0.630. The van der Waals surface area contributed by atoms with Crippen LogP contribution in [0.2, 0.25) is 0 Å². The molecule has 0 spiro atoms. The largest absolute Gasteiger partial charge is 0.396 e. The second-order valence-electron chi connectivity index (χ2n) is 3.74. The number of hydrogen-bond acceptors (Lipinski definition) is 3. The predicted molar refractivity (Wildman–Crippen MR) is 58.2 cm³/mol. The molecule has 4 nitrogen and oxygen atoms in total. The highest BCUT2D eigenvalue weighted by Gasteiger charge is 2.28. The van der Waals surface area contributed by atoms with Gasteiger partial charge in [-0.3, -0.25) is 10.4 Å². The third kappa shape index (κ3) is 1.78. The number of hydrogen-bond donors (Lipinski definition) is 3. The summed E-state index contributed by atoms with van der Waals surface area (Å²) in [6.07, 6.45) is 3.07. The number of hydrazine groups is 1. The second kappa shape index (κ2) is 3.51. The molecule has 0 unspecified atom stereocenters. The fourth-order valence-corrected chi connectivity index (χ4v) is 1.61. The summed E-state index contributed by atoms with van der Waals surface area (Å²) < 4.78 is 13.3. The van der Waals surface area contributed by atoms with Crippen molar-refractivity contribution in [3.05, 3.63) is 23.5 Å². The molecule has 1 aromatic carbocycles. The molecular weight excluding hydrogens is 195 g/mol. The summed E-state index contributed by atoms with van der Waals surface area (Å²) in [5.41, 5.74) is 6.99. The maximum absolute atomic E-state index is 13.3. The van der Waals surface area contributed by atoms with E-state index in [4.69, 9.17) is 17.0 Å². The highest BCUT2D eigenvalue weighted by molar-refractivity contribution is 5.79. The van der Waals surface area contributed by atoms with E-state index >= 15 is 0 Å². The van der Waals surface area contributed by atoms with Crippen molar-refractivity contribution in [1.82, 2.24) is 0 Å². The Morgan fingerprint density at radius 2 is 2.13 bits per heavy atom. The monoisotopic (exact) mass is 208 g/mol. The molecule has 0 saturated heterocycles. The first-order chi connectivity index (χ1) is 7.13. The Balaban J connectivity index is 2.49. The van der Waals surface area contributed by atoms with E-state index in [-0.39, 0.29) is 5.69 Å². The number of halogens is 1. The molecular formula is C10H13FN4. The van der Waals surface area contributed by atoms with Crippen LogP contribution in [-0.4, -0.2) is 6.34 Å². The van der Waals surface area contributed by atoms with Crippen molar-refractivity contribution < 1.29 is 4.39 Å². The van der Waals surface area contributed by atoms with E-state index in [0.717, 1.165) is 29.8 Å². The van der Waals surface area contributed by atoms with Crippen LogP contribution in [0.1, 0.15) is 24.3 Å². The van der Waals surface area contributed by atoms with Gasteiger partial charge < -0.3 is 5.73 Å². The van der Waals surface area contributed by atoms with Crippen LogP contribution in [0.15, 0.2) is 12.1 Å². The summed E-state index contributed by atoms with van der Waals surface area (Å²) in [4.78, 5) is 0. The minimum absolute atomic E-state index is 0.0618. The molecule has 0 amide bonds. The zero-order valence-electron chi connectivity index (χ0n) is 8.20. The molecule has 0 aliphatic heterocycles. The van der Waals surface area contributed by atoms with Crippen molar-refractivity contribution in [3.63, 3.8) is 0 Å². The molecule has 5 heteroatoms. The maximum atomic E-state index is 13.3. The highest BCUT2D eigenvalue weighted by atomic mass is 19.1. The fourth-order valence-electron chi connectivity index (χ4n) is 1.61. The minimum Gasteiger partial charge on any atom is -0.396 e. The van der Waals surface area contributed by atoms with Crippen LogP contribution < -0.4 is 16.6 Å². The van der Waals surface area contributed by atoms with E-state index in [1.807, 2.05) is 0 Å². The predicted octanol–water partition coefficient (Wildman–Crippen LogP) is 1.57. The summed E-state index contributed by atoms with van der Waals surface area (Å²) in [5.74, 6) is 5.54. The van der Waals surface area contributed by atoms with E-state index in [0.29, 0.717) is 11.6 Å². The Hall–Kier alpha value is -1.62. The number of rotatable bonds is 3. The van der Waals surface area contributed by atoms with Crippen molar-refractivity contribution in [2.45, 2.75) is 18.8 Å². The third-order valence-corrected chi connectivity index (χ3v) is 2.58. The summed E-state index contributed by atoms with van der Waals surface area (Å²) in [6, 6.07) is 2.90. The molecule has 0 aromatic heterocycles. The molecule has 0 heterocycles. The Labute approximate surface area is 87.1 Å². The Kier molecular flexibility index (Phi) is 2.32. The standard InChI is InChI=1S/C10H13FN4/c11-8-3-7(6-1-2-6)10(4-9(8)13)15(14)5-12/h3-6,12H,1-2,13-14H2. The van der Waals surface area contributed by atoms with Gasteiger partial charge in [0.05, 0.1) is 11.4 Å². The molecule has 1 aliphatic carbocycles. The molecule has 0 bridgehead atoms. The number of nitrogens with zero attached hydrogens (tertiary/aromatic N) is 1. The Morgan fingerprint density at radius 3 is 2.67 bits per heavy atom. The lowest BCUT2D eigenvalue weighted by atomic mass is 10.1. The molecule has 0 radical (unpaired) electrons. The first kappa shape index (κ1) is 9.92. The molecule has 5 N–H and O–H groups in total. The van der Waals surface area contributed by atoms with Gasteiger partial charge in [-0.2, -0.15) is 0 Å². The van der Waals surface area contributed by atoms with Crippen LogP contribution >= 0.6 is 0 Å². The Morgan fingerprint density at radius 1 is 1.47 bits per heavy atom. The number of nitrogens with two attached hydrogens (primary N) is 2. The summed E-state index contributed by atoms with van der Waals surface area (Å²) in [5, 5.41) is 8.23. The average Bonchev–Trinajstić information content (AvgIpc) is 3.04. The van der Waals surface area contributed by atoms with Gasteiger partial charge in [-0.15, -0.1) is 0 Å². The van der Waals surface area contributed by atoms with Crippen molar-refractivity contribution in [3.8, 4) is 0 Å². The maximum Gasteiger partial charge on any atom is 0.146 e. The van der Waals surface area contributed by atoms with Crippen LogP contribution in [0, 0.1) is 11.2 Å². The van der Waals surface area contributed by atoms with E-state index in [9.17, 15) is 4.39 Å². The topological polar surface area (TPSA) is 79.1 Å². The quantitative estimate of drug-likeness (QED) is 0.232. The van der Waals surface area contributed by atoms with Crippen LogP contribution in [0.5, 0.6) is 0 Å². The molecule has 1 saturated carbocycles. The fraction of sp³-hybridized carbons (Fsp3) is 0.300. The van der Waals surface area contributed by atoms with E-state index in [2.05, 4.69) is 0 Å². The van der Waals surface area contributed by atoms with Crippen molar-refractivity contribution in [2.24, 2.45) is 5.84 Å². The number of benzene rings is 1. The van der Waals surface area contributed by atoms with Gasteiger partial charge in [-0.05, 0) is 36.5 Å². The lowest BCUT2D eigenvalue weighted by Crippen LogP contribution is -2.29. The number of nitrogen functional groups attached to an aromatic ring is 1. The summed E-state index contributed by atoms with van der Waals surface area (Å²) in [6.45, 7) is 0. The van der Waals surface area contributed by atoms with E-state index in [1.54, 1.807) is 0 Å². The van der Waals surface area contributed by atoms with Crippen LogP contribution in [0.3, 0.4) is 0 Å². The van der Waals surface area contributed by atoms with Crippen LogP contribution in [0.25, 0.3) is 0 Å². The van der Waals surface area contributed by atoms with Crippen molar-refractivity contribution in [1.29, 1.82) is 5.41 Å². The molecule has 80 valence electrons. The van der Waals surface area contributed by atoms with Gasteiger partial charge in [0, 0.05) is 0 Å². The van der Waals surface area contributed by atoms with Crippen molar-refractivity contribution >= 4 is 17.7 Å². The van der Waals surface area contributed by atoms with Gasteiger partial charge in [-0.1, -0.05) is 0 Å². The smallest absolute Gasteiger partial charge is 0.146 e. The molecule has 1 fully saturated rings. The van der Waals surface area contributed by atoms with Crippen LogP contribution in [-0.2, 0) is 0 Å². The number of anilines is 2. The highest BCUT2D eigenvalue weighted by Crippen LogP contribution is 2.44. The summed E-state index contributed by atoms with van der Waals surface area (Å²) in [7, 11) is 0. The zero-order valence-corrected chi connectivity index (χ0v) is 8.20. The molecule has 1 aliphatic rings. The second-order valence-corrected chi connectivity index (χ2v) is 3.74. The van der Waals surface area contributed by atoms with Gasteiger partial charge >= 0.3 is 0 Å². The van der Waals surface area contributed by atoms with Gasteiger partial charge in [0.25, 0.3) is 0 Å². The zero-order chi connectivity index (χ0) is 11.0. The van der Waals surface area contributed by atoms with Gasteiger partial charge in [0.2, 0.25) is 0 Å². The van der Waals surface area contributed by atoms with Gasteiger partial charge in [0.1, 0.15) is 12.2 Å². The summed E-state index contributed by atoms with van der Waals surface area (Å²) >= 11 is 0. The van der Waals surface area contributed by atoms with Gasteiger partial charge in [-0.25, -0.2) is 10.2 Å². The molecule has 1 aromatic rings.